The average Bonchev–Trinajstić information content (AvgIpc) is 3.22. The standard InChI is InChI=1S/C20H21ClFN5O/c1-2-15(13-4-3-5-14(21)18(13)22)26-20-19-16(24-11-25-20)6-7-17(27-19)28-12-8-9-23-10-12/h3-7,11-12,15,23H,2,8-10H2,1H3,(H,24,25,26)/t12-,15?/m0/s1. The number of ether oxygens (including phenoxy) is 1. The van der Waals surface area contributed by atoms with Crippen LogP contribution in [0.25, 0.3) is 11.0 Å². The van der Waals surface area contributed by atoms with E-state index in [1.54, 1.807) is 12.1 Å². The highest BCUT2D eigenvalue weighted by molar-refractivity contribution is 6.30. The van der Waals surface area contributed by atoms with Gasteiger partial charge in [0.05, 0.1) is 16.6 Å². The number of halogens is 2. The zero-order valence-corrected chi connectivity index (χ0v) is 16.2. The van der Waals surface area contributed by atoms with Crippen LogP contribution in [0.2, 0.25) is 5.02 Å². The minimum Gasteiger partial charge on any atom is -0.473 e. The molecule has 0 aliphatic carbocycles. The largest absolute Gasteiger partial charge is 0.473 e. The van der Waals surface area contributed by atoms with Crippen molar-refractivity contribution in [3.8, 4) is 5.88 Å². The minimum absolute atomic E-state index is 0.101. The van der Waals surface area contributed by atoms with Gasteiger partial charge in [0.2, 0.25) is 5.88 Å². The molecule has 2 atom stereocenters. The number of pyridine rings is 1. The van der Waals surface area contributed by atoms with Crippen molar-refractivity contribution in [3.05, 3.63) is 53.1 Å². The van der Waals surface area contributed by atoms with E-state index in [0.29, 0.717) is 34.7 Å². The average molecular weight is 402 g/mol. The van der Waals surface area contributed by atoms with Crippen LogP contribution >= 0.6 is 11.6 Å². The number of fused-ring (bicyclic) bond motifs is 1. The molecule has 3 aromatic rings. The molecule has 1 aliphatic rings. The minimum atomic E-state index is -0.424. The lowest BCUT2D eigenvalue weighted by Crippen LogP contribution is -2.20. The molecule has 0 saturated carbocycles. The smallest absolute Gasteiger partial charge is 0.214 e. The number of aromatic nitrogens is 3. The van der Waals surface area contributed by atoms with Gasteiger partial charge in [-0.05, 0) is 31.5 Å². The van der Waals surface area contributed by atoms with Crippen molar-refractivity contribution < 1.29 is 9.13 Å². The molecule has 146 valence electrons. The van der Waals surface area contributed by atoms with Gasteiger partial charge in [0.25, 0.3) is 0 Å². The number of benzene rings is 1. The number of rotatable bonds is 6. The molecular formula is C20H21ClFN5O. The Balaban J connectivity index is 1.65. The first-order valence-corrected chi connectivity index (χ1v) is 9.73. The third kappa shape index (κ3) is 3.86. The molecule has 4 rings (SSSR count). The SMILES string of the molecule is CCC(Nc1ncnc2ccc(O[C@H]3CCNC3)nc12)c1cccc(Cl)c1F. The molecule has 1 fully saturated rings. The van der Waals surface area contributed by atoms with Gasteiger partial charge in [-0.2, -0.15) is 0 Å². The fourth-order valence-electron chi connectivity index (χ4n) is 3.35. The van der Waals surface area contributed by atoms with Crippen LogP contribution in [0.5, 0.6) is 5.88 Å². The Morgan fingerprint density at radius 1 is 1.32 bits per heavy atom. The first-order valence-electron chi connectivity index (χ1n) is 9.35. The van der Waals surface area contributed by atoms with Crippen molar-refractivity contribution in [2.75, 3.05) is 18.4 Å². The van der Waals surface area contributed by atoms with Gasteiger partial charge in [-0.25, -0.2) is 19.3 Å². The lowest BCUT2D eigenvalue weighted by Gasteiger charge is -2.20. The van der Waals surface area contributed by atoms with Crippen molar-refractivity contribution in [2.45, 2.75) is 31.9 Å². The molecule has 0 spiro atoms. The fourth-order valence-corrected chi connectivity index (χ4v) is 3.53. The molecule has 0 amide bonds. The van der Waals surface area contributed by atoms with E-state index in [1.807, 2.05) is 19.1 Å². The van der Waals surface area contributed by atoms with Gasteiger partial charge in [-0.15, -0.1) is 0 Å². The third-order valence-corrected chi connectivity index (χ3v) is 5.13. The Bertz CT molecular complexity index is 980. The van der Waals surface area contributed by atoms with Crippen molar-refractivity contribution in [2.24, 2.45) is 0 Å². The number of hydrogen-bond donors (Lipinski definition) is 2. The second kappa shape index (κ2) is 8.24. The summed E-state index contributed by atoms with van der Waals surface area (Å²) in [6.45, 7) is 3.72. The van der Waals surface area contributed by atoms with Gasteiger partial charge < -0.3 is 15.4 Å². The highest BCUT2D eigenvalue weighted by Crippen LogP contribution is 2.30. The molecule has 6 nitrogen and oxygen atoms in total. The second-order valence-corrected chi connectivity index (χ2v) is 7.13. The molecule has 1 unspecified atom stereocenters. The monoisotopic (exact) mass is 401 g/mol. The van der Waals surface area contributed by atoms with Gasteiger partial charge >= 0.3 is 0 Å². The highest BCUT2D eigenvalue weighted by atomic mass is 35.5. The molecule has 2 N–H and O–H groups in total. The summed E-state index contributed by atoms with van der Waals surface area (Å²) in [4.78, 5) is 13.2. The predicted molar refractivity (Wildman–Crippen MR) is 107 cm³/mol. The Morgan fingerprint density at radius 3 is 3.00 bits per heavy atom. The van der Waals surface area contributed by atoms with Crippen LogP contribution in [-0.2, 0) is 0 Å². The summed E-state index contributed by atoms with van der Waals surface area (Å²) in [6.07, 6.45) is 3.17. The number of nitrogens with zero attached hydrogens (tertiary/aromatic N) is 3. The van der Waals surface area contributed by atoms with Crippen LogP contribution in [0.15, 0.2) is 36.7 Å². The van der Waals surface area contributed by atoms with Crippen LogP contribution in [-0.4, -0.2) is 34.1 Å². The lowest BCUT2D eigenvalue weighted by atomic mass is 10.0. The summed E-state index contributed by atoms with van der Waals surface area (Å²) >= 11 is 5.95. The van der Waals surface area contributed by atoms with Crippen molar-refractivity contribution in [3.63, 3.8) is 0 Å². The molecule has 8 heteroatoms. The molecule has 1 saturated heterocycles. The van der Waals surface area contributed by atoms with Gasteiger partial charge in [0.1, 0.15) is 23.8 Å². The van der Waals surface area contributed by atoms with E-state index < -0.39 is 5.82 Å². The topological polar surface area (TPSA) is 72.0 Å². The molecule has 2 aromatic heterocycles. The summed E-state index contributed by atoms with van der Waals surface area (Å²) in [5.74, 6) is 0.639. The maximum Gasteiger partial charge on any atom is 0.214 e. The Kier molecular flexibility index (Phi) is 5.54. The van der Waals surface area contributed by atoms with E-state index in [4.69, 9.17) is 16.3 Å². The summed E-state index contributed by atoms with van der Waals surface area (Å²) in [5.41, 5.74) is 1.77. The van der Waals surface area contributed by atoms with Gasteiger partial charge in [-0.1, -0.05) is 30.7 Å². The second-order valence-electron chi connectivity index (χ2n) is 6.72. The third-order valence-electron chi connectivity index (χ3n) is 4.83. The molecule has 0 bridgehead atoms. The van der Waals surface area contributed by atoms with E-state index in [9.17, 15) is 4.39 Å². The first kappa shape index (κ1) is 18.8. The van der Waals surface area contributed by atoms with Gasteiger partial charge in [0, 0.05) is 18.2 Å². The zero-order valence-electron chi connectivity index (χ0n) is 15.5. The molecule has 0 radical (unpaired) electrons. The molecule has 28 heavy (non-hydrogen) atoms. The maximum absolute atomic E-state index is 14.5. The van der Waals surface area contributed by atoms with Crippen molar-refractivity contribution in [1.82, 2.24) is 20.3 Å². The van der Waals surface area contributed by atoms with Crippen LogP contribution in [0.1, 0.15) is 31.4 Å². The van der Waals surface area contributed by atoms with Crippen LogP contribution in [0, 0.1) is 5.82 Å². The molecule has 3 heterocycles. The Morgan fingerprint density at radius 2 is 2.21 bits per heavy atom. The van der Waals surface area contributed by atoms with Crippen molar-refractivity contribution in [1.29, 1.82) is 0 Å². The fraction of sp³-hybridized carbons (Fsp3) is 0.350. The summed E-state index contributed by atoms with van der Waals surface area (Å²) < 4.78 is 20.5. The summed E-state index contributed by atoms with van der Waals surface area (Å²) in [7, 11) is 0. The van der Waals surface area contributed by atoms with Gasteiger partial charge in [-0.3, -0.25) is 0 Å². The van der Waals surface area contributed by atoms with Crippen LogP contribution < -0.4 is 15.4 Å². The van der Waals surface area contributed by atoms with Crippen LogP contribution in [0.4, 0.5) is 10.2 Å². The molecule has 1 aliphatic heterocycles. The predicted octanol–water partition coefficient (Wildman–Crippen LogP) is 4.12. The number of anilines is 1. The first-order chi connectivity index (χ1) is 13.7. The number of hydrogen-bond acceptors (Lipinski definition) is 6. The highest BCUT2D eigenvalue weighted by Gasteiger charge is 2.20. The molecular weight excluding hydrogens is 381 g/mol. The maximum atomic E-state index is 14.5. The Labute approximate surface area is 167 Å². The van der Waals surface area contributed by atoms with Gasteiger partial charge in [0.15, 0.2) is 5.82 Å². The quantitative estimate of drug-likeness (QED) is 0.647. The molecule has 1 aromatic carbocycles. The van der Waals surface area contributed by atoms with E-state index in [2.05, 4.69) is 25.6 Å². The van der Waals surface area contributed by atoms with E-state index >= 15 is 0 Å². The van der Waals surface area contributed by atoms with Crippen molar-refractivity contribution >= 4 is 28.5 Å². The Hall–Kier alpha value is -2.51. The number of nitrogens with one attached hydrogen (secondary N) is 2. The lowest BCUT2D eigenvalue weighted by molar-refractivity contribution is 0.215. The van der Waals surface area contributed by atoms with E-state index in [1.165, 1.54) is 12.4 Å². The summed E-state index contributed by atoms with van der Waals surface area (Å²) in [5, 5.41) is 6.66. The van der Waals surface area contributed by atoms with E-state index in [-0.39, 0.29) is 17.2 Å². The summed E-state index contributed by atoms with van der Waals surface area (Å²) in [6, 6.07) is 8.36. The van der Waals surface area contributed by atoms with Crippen LogP contribution in [0.3, 0.4) is 0 Å². The zero-order chi connectivity index (χ0) is 19.5. The van der Waals surface area contributed by atoms with E-state index in [0.717, 1.165) is 19.5 Å². The normalized spacial score (nSPS) is 17.6.